The first kappa shape index (κ1) is 12.5. The number of rotatable bonds is 2. The van der Waals surface area contributed by atoms with Crippen molar-refractivity contribution in [2.75, 3.05) is 12.3 Å². The molecule has 8 nitrogen and oxygen atoms in total. The van der Waals surface area contributed by atoms with Crippen LogP contribution in [0, 0.1) is 0 Å². The van der Waals surface area contributed by atoms with Gasteiger partial charge in [0.05, 0.1) is 19.0 Å². The van der Waals surface area contributed by atoms with Gasteiger partial charge in [-0.1, -0.05) is 11.6 Å². The summed E-state index contributed by atoms with van der Waals surface area (Å²) in [6.07, 6.45) is 0.0155. The quantitative estimate of drug-likeness (QED) is 0.648. The van der Waals surface area contributed by atoms with Crippen molar-refractivity contribution in [3.8, 4) is 0 Å². The van der Waals surface area contributed by atoms with Gasteiger partial charge in [-0.2, -0.15) is 9.97 Å². The van der Waals surface area contributed by atoms with E-state index in [9.17, 15) is 5.11 Å². The molecule has 0 aliphatic carbocycles. The molecule has 1 aliphatic rings. The van der Waals surface area contributed by atoms with Gasteiger partial charge in [-0.05, 0) is 0 Å². The lowest BCUT2D eigenvalue weighted by Gasteiger charge is -2.13. The Labute approximate surface area is 112 Å². The summed E-state index contributed by atoms with van der Waals surface area (Å²) in [5.74, 6) is 0.0384. The number of hydrogen-bond acceptors (Lipinski definition) is 7. The summed E-state index contributed by atoms with van der Waals surface area (Å²) in [5.41, 5.74) is 6.41. The van der Waals surface area contributed by atoms with E-state index in [0.29, 0.717) is 17.6 Å². The maximum absolute atomic E-state index is 9.74. The summed E-state index contributed by atoms with van der Waals surface area (Å²) >= 11 is 5.93. The van der Waals surface area contributed by atoms with E-state index in [-0.39, 0.29) is 17.7 Å². The Morgan fingerprint density at radius 1 is 1.53 bits per heavy atom. The molecule has 9 heteroatoms. The predicted octanol–water partition coefficient (Wildman–Crippen LogP) is -0.297. The molecular weight excluding hydrogens is 274 g/mol. The van der Waals surface area contributed by atoms with Crippen LogP contribution in [0.15, 0.2) is 6.33 Å². The molecule has 4 N–H and O–H groups in total. The first-order chi connectivity index (χ1) is 9.10. The summed E-state index contributed by atoms with van der Waals surface area (Å²) in [5, 5.41) is 19.0. The molecule has 0 aromatic carbocycles. The van der Waals surface area contributed by atoms with Crippen LogP contribution in [0.5, 0.6) is 0 Å². The van der Waals surface area contributed by atoms with E-state index < -0.39 is 18.4 Å². The van der Waals surface area contributed by atoms with E-state index in [1.807, 2.05) is 0 Å². The molecule has 3 heterocycles. The highest BCUT2D eigenvalue weighted by Crippen LogP contribution is 2.31. The van der Waals surface area contributed by atoms with Crippen LogP contribution in [0.25, 0.3) is 11.2 Å². The van der Waals surface area contributed by atoms with Crippen molar-refractivity contribution < 1.29 is 14.9 Å². The lowest BCUT2D eigenvalue weighted by molar-refractivity contribution is -0.0432. The average molecular weight is 286 g/mol. The maximum Gasteiger partial charge on any atom is 0.223 e. The highest BCUT2D eigenvalue weighted by molar-refractivity contribution is 6.33. The number of aromatic nitrogens is 4. The Bertz CT molecular complexity index is 618. The standard InChI is InChI=1S/C10H12ClN5O3/c11-8-7-9(15-10(12)14-8)16(3-13-7)6-1-4(18)5(2-17)19-6/h3-6,17-18H,1-2H2,(H2,12,14,15)/t4-,5+,6?/m1/s1. The molecule has 0 radical (unpaired) electrons. The van der Waals surface area contributed by atoms with Gasteiger partial charge in [0.2, 0.25) is 5.95 Å². The van der Waals surface area contributed by atoms with Gasteiger partial charge in [-0.3, -0.25) is 4.57 Å². The van der Waals surface area contributed by atoms with Crippen LogP contribution in [0.3, 0.4) is 0 Å². The van der Waals surface area contributed by atoms with Gasteiger partial charge in [-0.15, -0.1) is 0 Å². The molecule has 3 atom stereocenters. The fourth-order valence-corrected chi connectivity index (χ4v) is 2.38. The third-order valence-electron chi connectivity index (χ3n) is 3.09. The van der Waals surface area contributed by atoms with Gasteiger partial charge in [0.15, 0.2) is 10.8 Å². The van der Waals surface area contributed by atoms with E-state index in [2.05, 4.69) is 15.0 Å². The Kier molecular flexibility index (Phi) is 3.02. The molecule has 0 saturated carbocycles. The largest absolute Gasteiger partial charge is 0.394 e. The van der Waals surface area contributed by atoms with Crippen LogP contribution in [0.4, 0.5) is 5.95 Å². The summed E-state index contributed by atoms with van der Waals surface area (Å²) in [6.45, 7) is -0.248. The van der Waals surface area contributed by atoms with Crippen molar-refractivity contribution >= 4 is 28.7 Å². The van der Waals surface area contributed by atoms with E-state index >= 15 is 0 Å². The highest BCUT2D eigenvalue weighted by atomic mass is 35.5. The predicted molar refractivity (Wildman–Crippen MR) is 66.4 cm³/mol. The first-order valence-electron chi connectivity index (χ1n) is 5.70. The first-order valence-corrected chi connectivity index (χ1v) is 6.08. The third-order valence-corrected chi connectivity index (χ3v) is 3.35. The molecular formula is C10H12ClN5O3. The number of fused-ring (bicyclic) bond motifs is 1. The third kappa shape index (κ3) is 2.02. The van der Waals surface area contributed by atoms with Crippen LogP contribution >= 0.6 is 11.6 Å². The number of nitrogen functional groups attached to an aromatic ring is 1. The fourth-order valence-electron chi connectivity index (χ4n) is 2.16. The van der Waals surface area contributed by atoms with Gasteiger partial charge in [-0.25, -0.2) is 4.98 Å². The van der Waals surface area contributed by atoms with Crippen molar-refractivity contribution in [3.63, 3.8) is 0 Å². The van der Waals surface area contributed by atoms with E-state index in [0.717, 1.165) is 0 Å². The minimum Gasteiger partial charge on any atom is -0.394 e. The normalized spacial score (nSPS) is 27.2. The number of anilines is 1. The summed E-state index contributed by atoms with van der Waals surface area (Å²) in [7, 11) is 0. The van der Waals surface area contributed by atoms with Crippen molar-refractivity contribution in [2.24, 2.45) is 0 Å². The lowest BCUT2D eigenvalue weighted by atomic mass is 10.2. The molecule has 1 fully saturated rings. The van der Waals surface area contributed by atoms with Crippen LogP contribution < -0.4 is 5.73 Å². The SMILES string of the molecule is Nc1nc(Cl)c2ncn(C3C[C@@H](O)[C@H](CO)O3)c2n1. The van der Waals surface area contributed by atoms with Crippen LogP contribution in [-0.2, 0) is 4.74 Å². The molecule has 3 rings (SSSR count). The Balaban J connectivity index is 2.02. The second-order valence-electron chi connectivity index (χ2n) is 4.31. The van der Waals surface area contributed by atoms with Crippen molar-refractivity contribution in [1.82, 2.24) is 19.5 Å². The molecule has 1 unspecified atom stereocenters. The Morgan fingerprint density at radius 3 is 3.00 bits per heavy atom. The smallest absolute Gasteiger partial charge is 0.223 e. The second kappa shape index (κ2) is 4.57. The maximum atomic E-state index is 9.74. The number of halogens is 1. The topological polar surface area (TPSA) is 119 Å². The molecule has 102 valence electrons. The second-order valence-corrected chi connectivity index (χ2v) is 4.67. The molecule has 0 amide bonds. The monoisotopic (exact) mass is 285 g/mol. The van der Waals surface area contributed by atoms with Gasteiger partial charge in [0.25, 0.3) is 0 Å². The van der Waals surface area contributed by atoms with Crippen LogP contribution in [0.1, 0.15) is 12.6 Å². The zero-order chi connectivity index (χ0) is 13.6. The minimum atomic E-state index is -0.734. The van der Waals surface area contributed by atoms with E-state index in [1.54, 1.807) is 4.57 Å². The number of imidazole rings is 1. The van der Waals surface area contributed by atoms with Gasteiger partial charge < -0.3 is 20.7 Å². The van der Waals surface area contributed by atoms with Crippen LogP contribution in [-0.4, -0.2) is 48.5 Å². The summed E-state index contributed by atoms with van der Waals surface area (Å²) in [6, 6.07) is 0. The highest BCUT2D eigenvalue weighted by Gasteiger charge is 2.35. The molecule has 1 aliphatic heterocycles. The van der Waals surface area contributed by atoms with Crippen LogP contribution in [0.2, 0.25) is 5.15 Å². The zero-order valence-electron chi connectivity index (χ0n) is 9.77. The Hall–Kier alpha value is -1.48. The van der Waals surface area contributed by atoms with Gasteiger partial charge in [0, 0.05) is 6.42 Å². The van der Waals surface area contributed by atoms with Crippen molar-refractivity contribution in [1.29, 1.82) is 0 Å². The van der Waals surface area contributed by atoms with Gasteiger partial charge in [0.1, 0.15) is 17.8 Å². The average Bonchev–Trinajstić information content (AvgIpc) is 2.92. The number of nitrogens with two attached hydrogens (primary N) is 1. The van der Waals surface area contributed by atoms with Gasteiger partial charge >= 0.3 is 0 Å². The number of hydrogen-bond donors (Lipinski definition) is 3. The van der Waals surface area contributed by atoms with E-state index in [4.69, 9.17) is 27.2 Å². The molecule has 1 saturated heterocycles. The minimum absolute atomic E-state index is 0.0384. The van der Waals surface area contributed by atoms with Crippen molar-refractivity contribution in [2.45, 2.75) is 24.9 Å². The fraction of sp³-hybridized carbons (Fsp3) is 0.500. The molecule has 2 aromatic rings. The summed E-state index contributed by atoms with van der Waals surface area (Å²) < 4.78 is 7.16. The van der Waals surface area contributed by atoms with E-state index in [1.165, 1.54) is 6.33 Å². The van der Waals surface area contributed by atoms with Crippen molar-refractivity contribution in [3.05, 3.63) is 11.5 Å². The molecule has 19 heavy (non-hydrogen) atoms. The number of ether oxygens (including phenoxy) is 1. The molecule has 0 spiro atoms. The summed E-state index contributed by atoms with van der Waals surface area (Å²) in [4.78, 5) is 12.0. The molecule has 0 bridgehead atoms. The number of aliphatic hydroxyl groups excluding tert-OH is 2. The molecule has 2 aromatic heterocycles. The zero-order valence-corrected chi connectivity index (χ0v) is 10.5. The lowest BCUT2D eigenvalue weighted by Crippen LogP contribution is -2.24. The number of nitrogens with zero attached hydrogens (tertiary/aromatic N) is 4. The Morgan fingerprint density at radius 2 is 2.32 bits per heavy atom. The number of aliphatic hydroxyl groups is 2.